The summed E-state index contributed by atoms with van der Waals surface area (Å²) in [5.74, 6) is 4.10. The molecule has 0 aromatic carbocycles. The number of hydrogen-bond donors (Lipinski definition) is 2. The van der Waals surface area contributed by atoms with Crippen molar-refractivity contribution in [1.29, 1.82) is 0 Å². The molecule has 0 heterocycles. The lowest BCUT2D eigenvalue weighted by atomic mass is 9.46. The van der Waals surface area contributed by atoms with Crippen molar-refractivity contribution in [3.8, 4) is 0 Å². The van der Waals surface area contributed by atoms with Crippen molar-refractivity contribution in [2.75, 3.05) is 52.9 Å². The molecule has 8 rings (SSSR count). The molecule has 6 fully saturated rings. The molecular weight excluding hydrogens is 857 g/mol. The van der Waals surface area contributed by atoms with Gasteiger partial charge < -0.3 is 33.9 Å². The number of esters is 1. The van der Waals surface area contributed by atoms with Crippen molar-refractivity contribution in [3.63, 3.8) is 0 Å². The molecule has 0 amide bonds. The van der Waals surface area contributed by atoms with Crippen LogP contribution in [-0.2, 0) is 38.1 Å². The fourth-order valence-corrected chi connectivity index (χ4v) is 16.9. The molecule has 0 aromatic rings. The number of aliphatic hydroxyl groups is 2. The van der Waals surface area contributed by atoms with Crippen LogP contribution in [0.1, 0.15) is 145 Å². The Bertz CT molecular complexity index is 1950. The molecule has 10 nitrogen and oxygen atoms in total. The molecule has 0 bridgehead atoms. The van der Waals surface area contributed by atoms with E-state index < -0.39 is 40.9 Å². The van der Waals surface area contributed by atoms with Gasteiger partial charge in [0.25, 0.3) is 0 Å². The van der Waals surface area contributed by atoms with E-state index in [-0.39, 0.29) is 62.3 Å². The summed E-state index contributed by atoms with van der Waals surface area (Å²) in [5.41, 5.74) is 0.485. The molecule has 0 saturated heterocycles. The highest BCUT2D eigenvalue weighted by molar-refractivity contribution is 6.01. The number of Topliss-reactive ketones (excluding diaryl/α,β-unsaturated/α-hetero) is 1. The van der Waals surface area contributed by atoms with Crippen molar-refractivity contribution in [2.45, 2.75) is 163 Å². The quantitative estimate of drug-likeness (QED) is 0.0690. The van der Waals surface area contributed by atoms with Crippen molar-refractivity contribution in [1.82, 2.24) is 0 Å². The molecule has 10 heteroatoms. The van der Waals surface area contributed by atoms with E-state index in [1.807, 2.05) is 13.0 Å². The van der Waals surface area contributed by atoms with Crippen molar-refractivity contribution < 1.29 is 48.3 Å². The molecule has 6 saturated carbocycles. The van der Waals surface area contributed by atoms with Gasteiger partial charge in [-0.25, -0.2) is 4.79 Å². The van der Waals surface area contributed by atoms with Gasteiger partial charge in [-0.3, -0.25) is 9.59 Å². The predicted molar refractivity (Wildman–Crippen MR) is 263 cm³/mol. The van der Waals surface area contributed by atoms with Gasteiger partial charge in [-0.1, -0.05) is 90.8 Å². The zero-order valence-electron chi connectivity index (χ0n) is 43.1. The second-order valence-corrected chi connectivity index (χ2v) is 24.3. The zero-order chi connectivity index (χ0) is 48.6. The summed E-state index contributed by atoms with van der Waals surface area (Å²) in [6, 6.07) is 0. The average Bonchev–Trinajstić information content (AvgIpc) is 3.80. The lowest BCUT2D eigenvalue weighted by Gasteiger charge is -2.59. The van der Waals surface area contributed by atoms with Crippen molar-refractivity contribution in [2.24, 2.45) is 80.8 Å². The first-order valence-electron chi connectivity index (χ1n) is 27.2. The Kier molecular flexibility index (Phi) is 16.0. The summed E-state index contributed by atoms with van der Waals surface area (Å²) in [6.07, 6.45) is 26.7. The number of fused-ring (bicyclic) bond motifs is 10. The van der Waals surface area contributed by atoms with Crippen LogP contribution < -0.4 is 0 Å². The van der Waals surface area contributed by atoms with Crippen LogP contribution in [0.25, 0.3) is 0 Å². The molecule has 0 radical (unpaired) electrons. The zero-order valence-corrected chi connectivity index (χ0v) is 43.1. The molecule has 8 aliphatic rings. The standard InChI is InChI=1S/C58H88O10/c1-9-39(37(2)3)11-10-38(4)46-16-17-47-44-14-12-41-33-43(19-23-54(41,5)48(44)20-24-56(46,47)7)67-31-30-65-27-26-64-28-29-66-36-52(62)68-35-51(61)58(63)25-21-49-45-15-13-40-32-42(59)18-22-55(40,6)53(45)50(60)34-57(49,58)8/h10-12,18,22,32,37-39,43-50,53,60,63H,9,13-17,19-21,23-31,33-36H2,1-8H3/b11-10+/t38-,39-,43+,44+,45+,46-,47+,48+,49+,50+,53-,54+,55+,56-,57+,58+/m1/s1. The van der Waals surface area contributed by atoms with Gasteiger partial charge >= 0.3 is 5.97 Å². The molecule has 0 spiro atoms. The molecule has 8 aliphatic carbocycles. The number of aliphatic hydroxyl groups excluding tert-OH is 1. The minimum Gasteiger partial charge on any atom is -0.456 e. The Balaban J connectivity index is 0.679. The summed E-state index contributed by atoms with van der Waals surface area (Å²) in [5, 5.41) is 23.6. The molecule has 0 unspecified atom stereocenters. The second kappa shape index (κ2) is 20.9. The fourth-order valence-electron chi connectivity index (χ4n) is 16.9. The molecule has 0 aliphatic heterocycles. The van der Waals surface area contributed by atoms with Gasteiger partial charge in [-0.05, 0) is 166 Å². The monoisotopic (exact) mass is 945 g/mol. The van der Waals surface area contributed by atoms with E-state index in [9.17, 15) is 24.6 Å². The third kappa shape index (κ3) is 9.64. The molecule has 16 atom stereocenters. The molecule has 0 aromatic heterocycles. The van der Waals surface area contributed by atoms with Gasteiger partial charge in [0, 0.05) is 16.7 Å². The van der Waals surface area contributed by atoms with E-state index in [4.69, 9.17) is 23.7 Å². The van der Waals surface area contributed by atoms with E-state index >= 15 is 0 Å². The Morgan fingerprint density at radius 3 is 2.26 bits per heavy atom. The van der Waals surface area contributed by atoms with Crippen LogP contribution in [0, 0.1) is 80.8 Å². The topological polar surface area (TPSA) is 138 Å². The van der Waals surface area contributed by atoms with Gasteiger partial charge in [0.2, 0.25) is 5.78 Å². The minimum atomic E-state index is -1.71. The van der Waals surface area contributed by atoms with Crippen LogP contribution in [0.5, 0.6) is 0 Å². The normalized spacial score (nSPS) is 41.5. The van der Waals surface area contributed by atoms with E-state index in [0.717, 1.165) is 54.9 Å². The Hall–Kier alpha value is -2.47. The Morgan fingerprint density at radius 2 is 1.53 bits per heavy atom. The number of ether oxygens (including phenoxy) is 5. The molecule has 68 heavy (non-hydrogen) atoms. The van der Waals surface area contributed by atoms with Crippen LogP contribution in [0.2, 0.25) is 0 Å². The summed E-state index contributed by atoms with van der Waals surface area (Å²) in [6.45, 7) is 20.3. The molecular formula is C58H88O10. The molecule has 380 valence electrons. The lowest BCUT2D eigenvalue weighted by molar-refractivity contribution is -0.181. The summed E-state index contributed by atoms with van der Waals surface area (Å²) >= 11 is 0. The number of rotatable bonds is 20. The van der Waals surface area contributed by atoms with Crippen molar-refractivity contribution in [3.05, 3.63) is 47.6 Å². The Labute approximate surface area is 408 Å². The molecule has 2 N–H and O–H groups in total. The maximum Gasteiger partial charge on any atom is 0.332 e. The third-order valence-corrected chi connectivity index (χ3v) is 20.8. The fraction of sp³-hybridized carbons (Fsp3) is 0.810. The smallest absolute Gasteiger partial charge is 0.332 e. The van der Waals surface area contributed by atoms with Crippen LogP contribution >= 0.6 is 0 Å². The van der Waals surface area contributed by atoms with Gasteiger partial charge in [0.1, 0.15) is 12.2 Å². The maximum absolute atomic E-state index is 13.6. The number of allylic oxidation sites excluding steroid dienone is 7. The van der Waals surface area contributed by atoms with E-state index in [2.05, 4.69) is 66.7 Å². The summed E-state index contributed by atoms with van der Waals surface area (Å²) < 4.78 is 28.6. The SMILES string of the molecule is CC[C@H](/C=C/[C@@H](C)[C@H]1CC[C@H]2[C@@H]3CC=C4C[C@@H](OCCOCCOCCOCC(=O)OCC(=O)[C@@]5(O)CC[C@H]6[C@@H]7CCC8=CC(=O)C=C[C@]8(C)[C@H]7[C@@H](O)C[C@@]65C)CC[C@]4(C)[C@H]3CC[C@]12C)C(C)C. The highest BCUT2D eigenvalue weighted by Gasteiger charge is 2.68. The number of carbonyl (C=O) groups excluding carboxylic acids is 3. The first-order valence-corrected chi connectivity index (χ1v) is 27.2. The largest absolute Gasteiger partial charge is 0.456 e. The van der Waals surface area contributed by atoms with Gasteiger partial charge in [-0.2, -0.15) is 0 Å². The van der Waals surface area contributed by atoms with E-state index in [1.54, 1.807) is 17.7 Å². The second-order valence-electron chi connectivity index (χ2n) is 24.3. The number of ketones is 2. The van der Waals surface area contributed by atoms with E-state index in [0.29, 0.717) is 61.4 Å². The Morgan fingerprint density at radius 1 is 0.809 bits per heavy atom. The van der Waals surface area contributed by atoms with Crippen LogP contribution in [-0.4, -0.2) is 98.4 Å². The lowest BCUT2D eigenvalue weighted by Crippen LogP contribution is -2.61. The minimum absolute atomic E-state index is 0.0155. The third-order valence-electron chi connectivity index (χ3n) is 20.8. The summed E-state index contributed by atoms with van der Waals surface area (Å²) in [7, 11) is 0. The van der Waals surface area contributed by atoms with Gasteiger partial charge in [-0.15, -0.1) is 0 Å². The van der Waals surface area contributed by atoms with Crippen LogP contribution in [0.3, 0.4) is 0 Å². The highest BCUT2D eigenvalue weighted by atomic mass is 16.6. The predicted octanol–water partition coefficient (Wildman–Crippen LogP) is 10.00. The number of carbonyl (C=O) groups is 3. The number of hydrogen-bond acceptors (Lipinski definition) is 10. The van der Waals surface area contributed by atoms with Crippen LogP contribution in [0.4, 0.5) is 0 Å². The van der Waals surface area contributed by atoms with Gasteiger partial charge in [0.15, 0.2) is 12.4 Å². The van der Waals surface area contributed by atoms with E-state index in [1.165, 1.54) is 44.9 Å². The van der Waals surface area contributed by atoms with Crippen LogP contribution in [0.15, 0.2) is 47.6 Å². The average molecular weight is 945 g/mol. The maximum atomic E-state index is 13.6. The van der Waals surface area contributed by atoms with Crippen molar-refractivity contribution >= 4 is 17.5 Å². The highest BCUT2D eigenvalue weighted by Crippen LogP contribution is 2.69. The van der Waals surface area contributed by atoms with Gasteiger partial charge in [0.05, 0.1) is 51.8 Å². The summed E-state index contributed by atoms with van der Waals surface area (Å²) in [4.78, 5) is 38.3. The first-order chi connectivity index (χ1) is 32.4. The first kappa shape index (κ1) is 51.9.